The monoisotopic (exact) mass is 578 g/mol. The first-order valence-corrected chi connectivity index (χ1v) is 13.8. The number of anilines is 1. The Morgan fingerprint density at radius 1 is 1.10 bits per heavy atom. The fourth-order valence-electron chi connectivity index (χ4n) is 5.28. The maximum atomic E-state index is 13.6. The molecule has 0 radical (unpaired) electrons. The van der Waals surface area contributed by atoms with Crippen molar-refractivity contribution < 1.29 is 22.7 Å². The van der Waals surface area contributed by atoms with Gasteiger partial charge in [0.1, 0.15) is 0 Å². The lowest BCUT2D eigenvalue weighted by Gasteiger charge is -2.47. The van der Waals surface area contributed by atoms with Crippen LogP contribution in [-0.4, -0.2) is 55.4 Å². The third-order valence-electron chi connectivity index (χ3n) is 7.17. The van der Waals surface area contributed by atoms with Crippen molar-refractivity contribution in [3.05, 3.63) is 59.1 Å². The van der Waals surface area contributed by atoms with Crippen LogP contribution in [0.15, 0.2) is 43.0 Å². The van der Waals surface area contributed by atoms with E-state index in [-0.39, 0.29) is 41.9 Å². The van der Waals surface area contributed by atoms with Crippen molar-refractivity contribution in [1.82, 2.24) is 25.1 Å². The smallest absolute Gasteiger partial charge is 0.416 e. The van der Waals surface area contributed by atoms with Crippen molar-refractivity contribution >= 4 is 23.6 Å². The summed E-state index contributed by atoms with van der Waals surface area (Å²) in [7, 11) is 0. The van der Waals surface area contributed by atoms with Gasteiger partial charge in [-0.3, -0.25) is 5.10 Å². The summed E-state index contributed by atoms with van der Waals surface area (Å²) in [6.07, 6.45) is 4.16. The summed E-state index contributed by atoms with van der Waals surface area (Å²) in [5.74, 6) is 0.383. The Balaban J connectivity index is 1.70. The number of nitrogens with one attached hydrogen (secondary N) is 1. The van der Waals surface area contributed by atoms with Gasteiger partial charge in [-0.1, -0.05) is 25.4 Å². The van der Waals surface area contributed by atoms with E-state index in [1.54, 1.807) is 24.8 Å². The molecule has 0 bridgehead atoms. The maximum Gasteiger partial charge on any atom is 0.416 e. The molecular formula is C28H34ClF3N6O2. The average molecular weight is 579 g/mol. The van der Waals surface area contributed by atoms with E-state index in [0.29, 0.717) is 37.2 Å². The minimum absolute atomic E-state index is 0.00474. The molecule has 0 saturated carbocycles. The van der Waals surface area contributed by atoms with Gasteiger partial charge in [0.25, 0.3) is 0 Å². The second-order valence-electron chi connectivity index (χ2n) is 10.3. The molecule has 0 spiro atoms. The highest BCUT2D eigenvalue weighted by molar-refractivity contribution is 6.30. The van der Waals surface area contributed by atoms with Crippen LogP contribution in [0, 0.1) is 0 Å². The number of aromatic amines is 1. The van der Waals surface area contributed by atoms with Crippen molar-refractivity contribution in [3.8, 4) is 11.1 Å². The molecule has 4 rings (SSSR count). The molecule has 216 valence electrons. The lowest BCUT2D eigenvalue weighted by Crippen LogP contribution is -2.57. The summed E-state index contributed by atoms with van der Waals surface area (Å²) in [4.78, 5) is 26.0. The molecule has 3 heterocycles. The Hall–Kier alpha value is -3.34. The third-order valence-corrected chi connectivity index (χ3v) is 7.39. The van der Waals surface area contributed by atoms with Gasteiger partial charge < -0.3 is 14.5 Å². The Morgan fingerprint density at radius 2 is 1.75 bits per heavy atom. The summed E-state index contributed by atoms with van der Waals surface area (Å²) in [5.41, 5.74) is 1.15. The van der Waals surface area contributed by atoms with Crippen LogP contribution >= 0.6 is 11.6 Å². The van der Waals surface area contributed by atoms with Gasteiger partial charge in [0.05, 0.1) is 17.9 Å². The molecule has 1 N–H and O–H groups in total. The second kappa shape index (κ2) is 12.4. The molecule has 40 heavy (non-hydrogen) atoms. The molecule has 1 aromatic carbocycles. The number of alkyl halides is 3. The highest BCUT2D eigenvalue weighted by Gasteiger charge is 2.41. The number of piperidine rings is 1. The summed E-state index contributed by atoms with van der Waals surface area (Å²) in [6.45, 7) is 7.78. The Bertz CT molecular complexity index is 1260. The predicted octanol–water partition coefficient (Wildman–Crippen LogP) is 7.11. The van der Waals surface area contributed by atoms with E-state index in [4.69, 9.17) is 16.3 Å². The van der Waals surface area contributed by atoms with Gasteiger partial charge in [-0.05, 0) is 63.3 Å². The van der Waals surface area contributed by atoms with Gasteiger partial charge in [0.2, 0.25) is 5.95 Å². The standard InChI is InChI=1S/C28H34ClF3N6O2/c1-5-23-10-25(11-24(6-2)38(23)27(39)40-17(3)4)37(16-18-7-21(28(30,31)32)9-22(29)8-18)26-33-12-19(13-34-26)20-14-35-36-15-20/h7-9,12-15,17,23-25H,5-6,10-11,16H2,1-4H3,(H,35,36)/t23-,24+,25-. The third kappa shape index (κ3) is 6.86. The molecule has 3 aromatic rings. The fourth-order valence-corrected chi connectivity index (χ4v) is 5.54. The largest absolute Gasteiger partial charge is 0.447 e. The molecular weight excluding hydrogens is 545 g/mol. The molecule has 0 aliphatic carbocycles. The van der Waals surface area contributed by atoms with Gasteiger partial charge in [-0.15, -0.1) is 0 Å². The SMILES string of the molecule is CC[C@@H]1C[C@@H](N(Cc2cc(Cl)cc(C(F)(F)F)c2)c2ncc(-c3cn[nH]c3)cn2)C[C@H](CC)N1C(=O)OC(C)C. The van der Waals surface area contributed by atoms with E-state index in [2.05, 4.69) is 20.2 Å². The van der Waals surface area contributed by atoms with Crippen LogP contribution in [0.3, 0.4) is 0 Å². The zero-order valence-corrected chi connectivity index (χ0v) is 23.7. The Morgan fingerprint density at radius 3 is 2.27 bits per heavy atom. The van der Waals surface area contributed by atoms with Gasteiger partial charge >= 0.3 is 12.3 Å². The first-order chi connectivity index (χ1) is 19.0. The number of aromatic nitrogens is 4. The highest BCUT2D eigenvalue weighted by atomic mass is 35.5. The van der Waals surface area contributed by atoms with E-state index in [1.807, 2.05) is 37.5 Å². The second-order valence-corrected chi connectivity index (χ2v) is 10.8. The van der Waals surface area contributed by atoms with E-state index in [1.165, 1.54) is 6.07 Å². The quantitative estimate of drug-likeness (QED) is 0.306. The molecule has 2 aromatic heterocycles. The number of halogens is 4. The number of amides is 1. The van der Waals surface area contributed by atoms with Gasteiger partial charge in [0.15, 0.2) is 0 Å². The van der Waals surface area contributed by atoms with E-state index < -0.39 is 11.7 Å². The van der Waals surface area contributed by atoms with Crippen LogP contribution in [0.1, 0.15) is 64.5 Å². The highest BCUT2D eigenvalue weighted by Crippen LogP contribution is 2.36. The van der Waals surface area contributed by atoms with Crippen LogP contribution < -0.4 is 4.90 Å². The molecule has 3 atom stereocenters. The summed E-state index contributed by atoms with van der Waals surface area (Å²) >= 11 is 6.12. The van der Waals surface area contributed by atoms with Crippen molar-refractivity contribution in [3.63, 3.8) is 0 Å². The number of benzene rings is 1. The van der Waals surface area contributed by atoms with Crippen molar-refractivity contribution in [2.75, 3.05) is 4.90 Å². The van der Waals surface area contributed by atoms with Crippen LogP contribution in [-0.2, 0) is 17.5 Å². The van der Waals surface area contributed by atoms with Crippen LogP contribution in [0.25, 0.3) is 11.1 Å². The molecule has 12 heteroatoms. The zero-order chi connectivity index (χ0) is 29.0. The van der Waals surface area contributed by atoms with Crippen molar-refractivity contribution in [2.45, 2.75) is 90.3 Å². The van der Waals surface area contributed by atoms with Crippen LogP contribution in [0.2, 0.25) is 5.02 Å². The predicted molar refractivity (Wildman–Crippen MR) is 147 cm³/mol. The van der Waals surface area contributed by atoms with Crippen LogP contribution in [0.5, 0.6) is 0 Å². The van der Waals surface area contributed by atoms with E-state index >= 15 is 0 Å². The normalized spacial score (nSPS) is 19.6. The minimum Gasteiger partial charge on any atom is -0.447 e. The van der Waals surface area contributed by atoms with Gasteiger partial charge in [0, 0.05) is 59.4 Å². The molecule has 8 nitrogen and oxygen atoms in total. The molecule has 1 saturated heterocycles. The lowest BCUT2D eigenvalue weighted by atomic mass is 9.87. The lowest BCUT2D eigenvalue weighted by molar-refractivity contribution is -0.137. The fraction of sp³-hybridized carbons (Fsp3) is 0.500. The number of hydrogen-bond acceptors (Lipinski definition) is 6. The summed E-state index contributed by atoms with van der Waals surface area (Å²) in [5, 5.41) is 6.72. The first-order valence-electron chi connectivity index (χ1n) is 13.4. The topological polar surface area (TPSA) is 87.2 Å². The minimum atomic E-state index is -4.53. The molecule has 1 aliphatic rings. The first kappa shape index (κ1) is 29.6. The zero-order valence-electron chi connectivity index (χ0n) is 23.0. The molecule has 1 aliphatic heterocycles. The molecule has 1 fully saturated rings. The number of nitrogens with zero attached hydrogens (tertiary/aromatic N) is 5. The number of hydrogen-bond donors (Lipinski definition) is 1. The van der Waals surface area contributed by atoms with Crippen molar-refractivity contribution in [1.29, 1.82) is 0 Å². The number of rotatable bonds is 8. The number of carbonyl (C=O) groups excluding carboxylic acids is 1. The van der Waals surface area contributed by atoms with Crippen LogP contribution in [0.4, 0.5) is 23.9 Å². The van der Waals surface area contributed by atoms with Crippen molar-refractivity contribution in [2.24, 2.45) is 0 Å². The number of ether oxygens (including phenoxy) is 1. The summed E-state index contributed by atoms with van der Waals surface area (Å²) < 4.78 is 46.3. The Labute approximate surface area is 236 Å². The summed E-state index contributed by atoms with van der Waals surface area (Å²) in [6, 6.07) is 3.19. The number of carbonyl (C=O) groups is 1. The van der Waals surface area contributed by atoms with E-state index in [9.17, 15) is 18.0 Å². The van der Waals surface area contributed by atoms with E-state index in [0.717, 1.165) is 23.3 Å². The Kier molecular flexibility index (Phi) is 9.22. The average Bonchev–Trinajstić information content (AvgIpc) is 3.45. The number of H-pyrrole nitrogens is 1. The van der Waals surface area contributed by atoms with Gasteiger partial charge in [-0.2, -0.15) is 18.3 Å². The maximum absolute atomic E-state index is 13.6. The number of likely N-dealkylation sites (tertiary alicyclic amines) is 1. The van der Waals surface area contributed by atoms with Gasteiger partial charge in [-0.25, -0.2) is 14.8 Å². The molecule has 0 unspecified atom stereocenters. The molecule has 1 amide bonds.